The SMILES string of the molecule is CCOc1ccc(C(=S)N2C[C@H](C)O[C@@H](C)C2)cc1OCC. The van der Waals surface area contributed by atoms with Gasteiger partial charge in [-0.15, -0.1) is 0 Å². The number of ether oxygens (including phenoxy) is 3. The monoisotopic (exact) mass is 323 g/mol. The zero-order valence-corrected chi connectivity index (χ0v) is 14.6. The molecule has 2 atom stereocenters. The first-order valence-electron chi connectivity index (χ1n) is 7.89. The van der Waals surface area contributed by atoms with E-state index in [0.717, 1.165) is 35.1 Å². The van der Waals surface area contributed by atoms with Gasteiger partial charge < -0.3 is 19.1 Å². The molecule has 0 saturated carbocycles. The molecule has 5 heteroatoms. The van der Waals surface area contributed by atoms with E-state index in [1.807, 2.05) is 32.0 Å². The normalized spacial score (nSPS) is 21.5. The average Bonchev–Trinajstić information content (AvgIpc) is 2.48. The molecular formula is C17H25NO3S. The smallest absolute Gasteiger partial charge is 0.161 e. The van der Waals surface area contributed by atoms with Gasteiger partial charge in [0.2, 0.25) is 0 Å². The lowest BCUT2D eigenvalue weighted by atomic mass is 10.1. The molecule has 1 heterocycles. The van der Waals surface area contributed by atoms with Gasteiger partial charge in [-0.05, 0) is 45.9 Å². The van der Waals surface area contributed by atoms with Crippen molar-refractivity contribution >= 4 is 17.2 Å². The third kappa shape index (κ3) is 4.11. The van der Waals surface area contributed by atoms with Gasteiger partial charge in [-0.25, -0.2) is 0 Å². The second-order valence-corrected chi connectivity index (χ2v) is 5.88. The third-order valence-corrected chi connectivity index (χ3v) is 3.99. The van der Waals surface area contributed by atoms with Crippen molar-refractivity contribution in [2.75, 3.05) is 26.3 Å². The number of rotatable bonds is 5. The minimum absolute atomic E-state index is 0.191. The van der Waals surface area contributed by atoms with Crippen LogP contribution in [0.2, 0.25) is 0 Å². The second kappa shape index (κ2) is 7.79. The topological polar surface area (TPSA) is 30.9 Å². The molecule has 0 amide bonds. The fourth-order valence-electron chi connectivity index (χ4n) is 2.71. The maximum Gasteiger partial charge on any atom is 0.161 e. The van der Waals surface area contributed by atoms with Crippen LogP contribution in [-0.2, 0) is 4.74 Å². The van der Waals surface area contributed by atoms with E-state index in [2.05, 4.69) is 18.7 Å². The number of benzene rings is 1. The maximum atomic E-state index is 5.77. The van der Waals surface area contributed by atoms with Crippen molar-refractivity contribution in [2.24, 2.45) is 0 Å². The first kappa shape index (κ1) is 17.0. The van der Waals surface area contributed by atoms with Crippen LogP contribution in [0, 0.1) is 0 Å². The summed E-state index contributed by atoms with van der Waals surface area (Å²) in [7, 11) is 0. The molecule has 4 nitrogen and oxygen atoms in total. The first-order valence-corrected chi connectivity index (χ1v) is 8.30. The Balaban J connectivity index is 2.20. The summed E-state index contributed by atoms with van der Waals surface area (Å²) >= 11 is 5.67. The van der Waals surface area contributed by atoms with Gasteiger partial charge in [-0.2, -0.15) is 0 Å². The highest BCUT2D eigenvalue weighted by Gasteiger charge is 2.25. The molecule has 122 valence electrons. The largest absolute Gasteiger partial charge is 0.490 e. The molecule has 0 aliphatic carbocycles. The van der Waals surface area contributed by atoms with Crippen molar-refractivity contribution in [1.29, 1.82) is 0 Å². The molecule has 1 aromatic rings. The van der Waals surface area contributed by atoms with E-state index in [0.29, 0.717) is 13.2 Å². The molecular weight excluding hydrogens is 298 g/mol. The summed E-state index contributed by atoms with van der Waals surface area (Å²) in [6.45, 7) is 10.9. The lowest BCUT2D eigenvalue weighted by Gasteiger charge is -2.37. The highest BCUT2D eigenvalue weighted by molar-refractivity contribution is 7.80. The lowest BCUT2D eigenvalue weighted by molar-refractivity contribution is -0.0472. The third-order valence-electron chi connectivity index (χ3n) is 3.50. The molecule has 22 heavy (non-hydrogen) atoms. The second-order valence-electron chi connectivity index (χ2n) is 5.49. The molecule has 2 rings (SSSR count). The molecule has 0 radical (unpaired) electrons. The van der Waals surface area contributed by atoms with Crippen LogP contribution in [-0.4, -0.2) is 48.4 Å². The molecule has 0 spiro atoms. The van der Waals surface area contributed by atoms with Crippen molar-refractivity contribution in [3.8, 4) is 11.5 Å². The van der Waals surface area contributed by atoms with Gasteiger partial charge in [0.1, 0.15) is 4.99 Å². The van der Waals surface area contributed by atoms with Crippen LogP contribution in [0.3, 0.4) is 0 Å². The number of hydrogen-bond donors (Lipinski definition) is 0. The van der Waals surface area contributed by atoms with E-state index in [-0.39, 0.29) is 12.2 Å². The quantitative estimate of drug-likeness (QED) is 0.776. The molecule has 0 N–H and O–H groups in total. The average molecular weight is 323 g/mol. The van der Waals surface area contributed by atoms with Crippen LogP contribution >= 0.6 is 12.2 Å². The van der Waals surface area contributed by atoms with E-state index in [1.54, 1.807) is 0 Å². The summed E-state index contributed by atoms with van der Waals surface area (Å²) in [5.41, 5.74) is 0.989. The fourth-order valence-corrected chi connectivity index (χ4v) is 2.99. The van der Waals surface area contributed by atoms with Gasteiger partial charge in [0.15, 0.2) is 11.5 Å². The minimum atomic E-state index is 0.191. The van der Waals surface area contributed by atoms with Crippen molar-refractivity contribution in [1.82, 2.24) is 4.90 Å². The Morgan fingerprint density at radius 1 is 1.14 bits per heavy atom. The van der Waals surface area contributed by atoms with Crippen molar-refractivity contribution in [3.63, 3.8) is 0 Å². The predicted molar refractivity (Wildman–Crippen MR) is 92.1 cm³/mol. The Morgan fingerprint density at radius 3 is 2.32 bits per heavy atom. The highest BCUT2D eigenvalue weighted by atomic mass is 32.1. The summed E-state index contributed by atoms with van der Waals surface area (Å²) in [6.07, 6.45) is 0.381. The molecule has 1 aliphatic rings. The Bertz CT molecular complexity index is 511. The zero-order chi connectivity index (χ0) is 16.1. The number of nitrogens with zero attached hydrogens (tertiary/aromatic N) is 1. The molecule has 1 fully saturated rings. The van der Waals surface area contributed by atoms with Crippen molar-refractivity contribution in [3.05, 3.63) is 23.8 Å². The van der Waals surface area contributed by atoms with Gasteiger partial charge in [0, 0.05) is 18.7 Å². The van der Waals surface area contributed by atoms with Crippen LogP contribution < -0.4 is 9.47 Å². The standard InChI is InChI=1S/C17H25NO3S/c1-5-19-15-8-7-14(9-16(15)20-6-2)17(22)18-10-12(3)21-13(4)11-18/h7-9,12-13H,5-6,10-11H2,1-4H3/t12-,13-/m0/s1. The van der Waals surface area contributed by atoms with E-state index in [9.17, 15) is 0 Å². The predicted octanol–water partition coefficient (Wildman–Crippen LogP) is 3.27. The van der Waals surface area contributed by atoms with E-state index >= 15 is 0 Å². The van der Waals surface area contributed by atoms with Gasteiger partial charge in [-0.3, -0.25) is 0 Å². The van der Waals surface area contributed by atoms with E-state index < -0.39 is 0 Å². The van der Waals surface area contributed by atoms with Gasteiger partial charge >= 0.3 is 0 Å². The Morgan fingerprint density at radius 2 is 1.73 bits per heavy atom. The van der Waals surface area contributed by atoms with Gasteiger partial charge in [0.25, 0.3) is 0 Å². The zero-order valence-electron chi connectivity index (χ0n) is 13.8. The summed E-state index contributed by atoms with van der Waals surface area (Å²) in [5.74, 6) is 1.51. The summed E-state index contributed by atoms with van der Waals surface area (Å²) < 4.78 is 17.1. The Labute approximate surface area is 138 Å². The molecule has 0 aromatic heterocycles. The van der Waals surface area contributed by atoms with Crippen LogP contribution in [0.15, 0.2) is 18.2 Å². The number of hydrogen-bond acceptors (Lipinski definition) is 4. The number of morpholine rings is 1. The van der Waals surface area contributed by atoms with Crippen LogP contribution in [0.1, 0.15) is 33.3 Å². The Hall–Kier alpha value is -1.33. The highest BCUT2D eigenvalue weighted by Crippen LogP contribution is 2.29. The molecule has 0 unspecified atom stereocenters. The first-order chi connectivity index (χ1) is 10.5. The lowest BCUT2D eigenvalue weighted by Crippen LogP contribution is -2.47. The summed E-state index contributed by atoms with van der Waals surface area (Å²) in [5, 5.41) is 0. The fraction of sp³-hybridized carbons (Fsp3) is 0.588. The van der Waals surface area contributed by atoms with Crippen LogP contribution in [0.5, 0.6) is 11.5 Å². The minimum Gasteiger partial charge on any atom is -0.490 e. The number of thiocarbonyl (C=S) groups is 1. The summed E-state index contributed by atoms with van der Waals surface area (Å²) in [4.78, 5) is 3.05. The van der Waals surface area contributed by atoms with Crippen molar-refractivity contribution < 1.29 is 14.2 Å². The van der Waals surface area contributed by atoms with Crippen molar-refractivity contribution in [2.45, 2.75) is 39.9 Å². The molecule has 0 bridgehead atoms. The Kier molecular flexibility index (Phi) is 6.03. The van der Waals surface area contributed by atoms with E-state index in [1.165, 1.54) is 0 Å². The van der Waals surface area contributed by atoms with Gasteiger partial charge in [-0.1, -0.05) is 12.2 Å². The van der Waals surface area contributed by atoms with Gasteiger partial charge in [0.05, 0.1) is 25.4 Å². The maximum absolute atomic E-state index is 5.77. The molecule has 1 aromatic carbocycles. The van der Waals surface area contributed by atoms with E-state index in [4.69, 9.17) is 26.4 Å². The molecule has 1 saturated heterocycles. The summed E-state index contributed by atoms with van der Waals surface area (Å²) in [6, 6.07) is 5.91. The molecule has 1 aliphatic heterocycles. The van der Waals surface area contributed by atoms with Crippen LogP contribution in [0.4, 0.5) is 0 Å². The van der Waals surface area contributed by atoms with Crippen LogP contribution in [0.25, 0.3) is 0 Å².